The van der Waals surface area contributed by atoms with Gasteiger partial charge in [-0.15, -0.1) is 0 Å². The third kappa shape index (κ3) is 4.43. The fourth-order valence-corrected chi connectivity index (χ4v) is 4.27. The molecule has 2 fully saturated rings. The molecular weight excluding hydrogens is 260 g/mol. The Morgan fingerprint density at radius 3 is 2.67 bits per heavy atom. The fraction of sp³-hybridized carbons (Fsp3) is 1.00. The van der Waals surface area contributed by atoms with Gasteiger partial charge in [-0.2, -0.15) is 0 Å². The minimum absolute atomic E-state index is 0.191. The first kappa shape index (κ1) is 17.2. The van der Waals surface area contributed by atoms with E-state index < -0.39 is 0 Å². The number of hydrogen-bond donors (Lipinski definition) is 1. The first-order chi connectivity index (χ1) is 9.94. The quantitative estimate of drug-likeness (QED) is 0.843. The summed E-state index contributed by atoms with van der Waals surface area (Å²) < 4.78 is 5.68. The second-order valence-corrected chi connectivity index (χ2v) is 8.09. The van der Waals surface area contributed by atoms with E-state index in [0.29, 0.717) is 6.04 Å². The number of morpholine rings is 1. The van der Waals surface area contributed by atoms with Crippen molar-refractivity contribution >= 4 is 0 Å². The minimum Gasteiger partial charge on any atom is -0.378 e. The summed E-state index contributed by atoms with van der Waals surface area (Å²) in [5, 5.41) is 3.84. The molecular formula is C18H36N2O. The van der Waals surface area contributed by atoms with Crippen molar-refractivity contribution in [1.29, 1.82) is 0 Å². The van der Waals surface area contributed by atoms with E-state index in [1.807, 2.05) is 0 Å². The molecule has 1 N–H and O–H groups in total. The summed E-state index contributed by atoms with van der Waals surface area (Å²) in [5.41, 5.74) is 0.191. The lowest BCUT2D eigenvalue weighted by Crippen LogP contribution is -2.58. The van der Waals surface area contributed by atoms with Crippen molar-refractivity contribution < 1.29 is 4.74 Å². The number of rotatable bonds is 5. The Bertz CT molecular complexity index is 318. The molecule has 1 aliphatic carbocycles. The zero-order valence-electron chi connectivity index (χ0n) is 14.8. The predicted octanol–water partition coefficient (Wildman–Crippen LogP) is 3.15. The average molecular weight is 296 g/mol. The van der Waals surface area contributed by atoms with E-state index in [0.717, 1.165) is 44.1 Å². The molecule has 0 bridgehead atoms. The van der Waals surface area contributed by atoms with Crippen LogP contribution in [0.5, 0.6) is 0 Å². The Hall–Kier alpha value is -0.120. The maximum absolute atomic E-state index is 5.68. The molecule has 2 rings (SSSR count). The maximum atomic E-state index is 5.68. The SMILES string of the molecule is CCCNC1CC(C)CC(C)C1CN1CCOCC1(C)C. The highest BCUT2D eigenvalue weighted by atomic mass is 16.5. The van der Waals surface area contributed by atoms with Gasteiger partial charge in [0.05, 0.1) is 13.2 Å². The van der Waals surface area contributed by atoms with Gasteiger partial charge < -0.3 is 10.1 Å². The third-order valence-electron chi connectivity index (χ3n) is 5.58. The van der Waals surface area contributed by atoms with Crippen LogP contribution in [-0.4, -0.2) is 49.3 Å². The summed E-state index contributed by atoms with van der Waals surface area (Å²) in [6.07, 6.45) is 3.97. The zero-order chi connectivity index (χ0) is 15.5. The predicted molar refractivity (Wildman–Crippen MR) is 89.6 cm³/mol. The van der Waals surface area contributed by atoms with Gasteiger partial charge in [-0.25, -0.2) is 0 Å². The molecule has 21 heavy (non-hydrogen) atoms. The highest BCUT2D eigenvalue weighted by Gasteiger charge is 2.38. The normalized spacial score (nSPS) is 37.6. The van der Waals surface area contributed by atoms with E-state index >= 15 is 0 Å². The number of ether oxygens (including phenoxy) is 1. The average Bonchev–Trinajstić information content (AvgIpc) is 2.41. The molecule has 3 nitrogen and oxygen atoms in total. The zero-order valence-corrected chi connectivity index (χ0v) is 14.8. The van der Waals surface area contributed by atoms with Crippen LogP contribution in [0.1, 0.15) is 53.9 Å². The molecule has 0 amide bonds. The molecule has 4 unspecified atom stereocenters. The molecule has 0 spiro atoms. The van der Waals surface area contributed by atoms with Crippen LogP contribution in [-0.2, 0) is 4.74 Å². The summed E-state index contributed by atoms with van der Waals surface area (Å²) in [5.74, 6) is 2.47. The van der Waals surface area contributed by atoms with Gasteiger partial charge in [0.25, 0.3) is 0 Å². The summed E-state index contributed by atoms with van der Waals surface area (Å²) in [4.78, 5) is 2.67. The van der Waals surface area contributed by atoms with Gasteiger partial charge in [0, 0.05) is 24.7 Å². The molecule has 1 heterocycles. The van der Waals surface area contributed by atoms with Gasteiger partial charge in [0.15, 0.2) is 0 Å². The molecule has 0 aromatic heterocycles. The monoisotopic (exact) mass is 296 g/mol. The number of nitrogens with zero attached hydrogens (tertiary/aromatic N) is 1. The second kappa shape index (κ2) is 7.43. The summed E-state index contributed by atoms with van der Waals surface area (Å²) in [6, 6.07) is 0.697. The first-order valence-electron chi connectivity index (χ1n) is 9.00. The Labute approximate surface area is 131 Å². The summed E-state index contributed by atoms with van der Waals surface area (Å²) in [7, 11) is 0. The van der Waals surface area contributed by atoms with E-state index in [4.69, 9.17) is 4.74 Å². The topological polar surface area (TPSA) is 24.5 Å². The van der Waals surface area contributed by atoms with Gasteiger partial charge in [-0.05, 0) is 57.4 Å². The lowest BCUT2D eigenvalue weighted by molar-refractivity contribution is -0.0664. The Morgan fingerprint density at radius 1 is 1.24 bits per heavy atom. The van der Waals surface area contributed by atoms with Crippen molar-refractivity contribution in [3.63, 3.8) is 0 Å². The fourth-order valence-electron chi connectivity index (χ4n) is 4.27. The van der Waals surface area contributed by atoms with Crippen LogP contribution in [0.15, 0.2) is 0 Å². The van der Waals surface area contributed by atoms with Crippen LogP contribution < -0.4 is 5.32 Å². The Balaban J connectivity index is 2.02. The van der Waals surface area contributed by atoms with Crippen molar-refractivity contribution in [3.8, 4) is 0 Å². The van der Waals surface area contributed by atoms with Crippen molar-refractivity contribution in [2.24, 2.45) is 17.8 Å². The third-order valence-corrected chi connectivity index (χ3v) is 5.58. The lowest BCUT2D eigenvalue weighted by atomic mass is 9.71. The van der Waals surface area contributed by atoms with Gasteiger partial charge in [-0.1, -0.05) is 20.8 Å². The highest BCUT2D eigenvalue weighted by Crippen LogP contribution is 2.35. The molecule has 4 atom stereocenters. The Morgan fingerprint density at radius 2 is 2.00 bits per heavy atom. The van der Waals surface area contributed by atoms with Crippen molar-refractivity contribution in [2.75, 3.05) is 32.8 Å². The molecule has 1 saturated carbocycles. The summed E-state index contributed by atoms with van der Waals surface area (Å²) in [6.45, 7) is 17.1. The maximum Gasteiger partial charge on any atom is 0.0645 e. The molecule has 1 aliphatic heterocycles. The van der Waals surface area contributed by atoms with Crippen LogP contribution in [0.3, 0.4) is 0 Å². The number of nitrogens with one attached hydrogen (secondary N) is 1. The molecule has 0 aromatic rings. The molecule has 0 radical (unpaired) electrons. The number of hydrogen-bond acceptors (Lipinski definition) is 3. The van der Waals surface area contributed by atoms with Crippen LogP contribution in [0.25, 0.3) is 0 Å². The molecule has 124 valence electrons. The van der Waals surface area contributed by atoms with Crippen LogP contribution in [0, 0.1) is 17.8 Å². The van der Waals surface area contributed by atoms with E-state index in [9.17, 15) is 0 Å². The van der Waals surface area contributed by atoms with E-state index in [2.05, 4.69) is 44.8 Å². The van der Waals surface area contributed by atoms with Gasteiger partial charge in [0.2, 0.25) is 0 Å². The van der Waals surface area contributed by atoms with Crippen molar-refractivity contribution in [3.05, 3.63) is 0 Å². The van der Waals surface area contributed by atoms with Crippen LogP contribution in [0.4, 0.5) is 0 Å². The van der Waals surface area contributed by atoms with E-state index in [-0.39, 0.29) is 5.54 Å². The second-order valence-electron chi connectivity index (χ2n) is 8.09. The van der Waals surface area contributed by atoms with E-state index in [1.54, 1.807) is 0 Å². The Kier molecular flexibility index (Phi) is 6.10. The van der Waals surface area contributed by atoms with Crippen LogP contribution in [0.2, 0.25) is 0 Å². The smallest absolute Gasteiger partial charge is 0.0645 e. The lowest BCUT2D eigenvalue weighted by Gasteiger charge is -2.48. The molecule has 2 aliphatic rings. The van der Waals surface area contributed by atoms with Gasteiger partial charge in [0.1, 0.15) is 0 Å². The summed E-state index contributed by atoms with van der Waals surface area (Å²) >= 11 is 0. The molecule has 0 aromatic carbocycles. The van der Waals surface area contributed by atoms with Crippen LogP contribution >= 0.6 is 0 Å². The first-order valence-corrected chi connectivity index (χ1v) is 9.00. The largest absolute Gasteiger partial charge is 0.378 e. The van der Waals surface area contributed by atoms with Gasteiger partial charge >= 0.3 is 0 Å². The standard InChI is InChI=1S/C18H36N2O/c1-6-7-19-17-11-14(2)10-15(3)16(17)12-20-8-9-21-13-18(20,4)5/h14-17,19H,6-13H2,1-5H3. The van der Waals surface area contributed by atoms with Gasteiger partial charge in [-0.3, -0.25) is 4.90 Å². The van der Waals surface area contributed by atoms with E-state index in [1.165, 1.54) is 25.8 Å². The molecule has 1 saturated heterocycles. The minimum atomic E-state index is 0.191. The van der Waals surface area contributed by atoms with Crippen molar-refractivity contribution in [1.82, 2.24) is 10.2 Å². The molecule has 3 heteroatoms. The van der Waals surface area contributed by atoms with Crippen molar-refractivity contribution in [2.45, 2.75) is 65.5 Å². The highest BCUT2D eigenvalue weighted by molar-refractivity contribution is 4.93.